The van der Waals surface area contributed by atoms with Crippen LogP contribution in [0.15, 0.2) is 33.5 Å². The first-order valence-corrected chi connectivity index (χ1v) is 5.94. The molecule has 0 fully saturated rings. The van der Waals surface area contributed by atoms with Crippen molar-refractivity contribution in [2.45, 2.75) is 0 Å². The van der Waals surface area contributed by atoms with Crippen molar-refractivity contribution in [2.75, 3.05) is 6.26 Å². The van der Waals surface area contributed by atoms with E-state index in [0.717, 1.165) is 16.1 Å². The van der Waals surface area contributed by atoms with Crippen molar-refractivity contribution in [3.8, 4) is 0 Å². The molecule has 2 heterocycles. The van der Waals surface area contributed by atoms with Crippen molar-refractivity contribution < 1.29 is 9.21 Å². The van der Waals surface area contributed by atoms with E-state index in [0.29, 0.717) is 11.5 Å². The molecule has 0 aliphatic carbocycles. The van der Waals surface area contributed by atoms with Gasteiger partial charge in [-0.3, -0.25) is 4.79 Å². The normalized spacial score (nSPS) is 19.1. The molecule has 1 aromatic rings. The second kappa shape index (κ2) is 4.06. The first-order chi connectivity index (χ1) is 6.79. The maximum absolute atomic E-state index is 11.4. The molecular formula is C9H7NO2S2. The van der Waals surface area contributed by atoms with Gasteiger partial charge in [-0.2, -0.15) is 0 Å². The molecule has 0 atom stereocenters. The Labute approximate surface area is 89.7 Å². The Kier molecular flexibility index (Phi) is 2.79. The van der Waals surface area contributed by atoms with Crippen LogP contribution < -0.4 is 0 Å². The summed E-state index contributed by atoms with van der Waals surface area (Å²) < 4.78 is 5.88. The summed E-state index contributed by atoms with van der Waals surface area (Å²) in [6.45, 7) is 0. The minimum Gasteiger partial charge on any atom is -0.465 e. The van der Waals surface area contributed by atoms with Crippen LogP contribution in [-0.4, -0.2) is 15.7 Å². The number of aliphatic imine (C=N–C) groups is 1. The predicted octanol–water partition coefficient (Wildman–Crippen LogP) is 2.61. The zero-order valence-electron chi connectivity index (χ0n) is 7.39. The van der Waals surface area contributed by atoms with E-state index in [2.05, 4.69) is 4.99 Å². The maximum atomic E-state index is 11.4. The lowest BCUT2D eigenvalue weighted by atomic mass is 10.3. The summed E-state index contributed by atoms with van der Waals surface area (Å²) in [5, 5.41) is -0.0225. The van der Waals surface area contributed by atoms with Gasteiger partial charge in [-0.15, -0.1) is 11.8 Å². The molecule has 0 radical (unpaired) electrons. The Morgan fingerprint density at radius 3 is 3.07 bits per heavy atom. The van der Waals surface area contributed by atoms with E-state index in [1.807, 2.05) is 6.26 Å². The fourth-order valence-electron chi connectivity index (χ4n) is 0.985. The van der Waals surface area contributed by atoms with Crippen molar-refractivity contribution in [1.29, 1.82) is 0 Å². The number of rotatable bonds is 1. The standard InChI is InChI=1S/C9H7NO2S2/c1-13-9-10-7(8(11)14-9)5-6-3-2-4-12-6/h2-5H,1H3. The first-order valence-electron chi connectivity index (χ1n) is 3.89. The molecule has 1 aliphatic rings. The third-order valence-electron chi connectivity index (χ3n) is 1.60. The van der Waals surface area contributed by atoms with Gasteiger partial charge in [0.25, 0.3) is 0 Å². The van der Waals surface area contributed by atoms with Crippen molar-refractivity contribution >= 4 is 39.1 Å². The van der Waals surface area contributed by atoms with Gasteiger partial charge in [-0.25, -0.2) is 4.99 Å². The summed E-state index contributed by atoms with van der Waals surface area (Å²) in [7, 11) is 0. The lowest BCUT2D eigenvalue weighted by Gasteiger charge is -1.86. The monoisotopic (exact) mass is 225 g/mol. The fraction of sp³-hybridized carbons (Fsp3) is 0.111. The third-order valence-corrected chi connectivity index (χ3v) is 3.45. The van der Waals surface area contributed by atoms with Gasteiger partial charge in [0, 0.05) is 6.08 Å². The molecule has 3 nitrogen and oxygen atoms in total. The highest BCUT2D eigenvalue weighted by atomic mass is 32.2. The molecule has 0 bridgehead atoms. The maximum Gasteiger partial charge on any atom is 0.244 e. The Bertz CT molecular complexity index is 406. The molecule has 0 N–H and O–H groups in total. The summed E-state index contributed by atoms with van der Waals surface area (Å²) in [4.78, 5) is 15.6. The van der Waals surface area contributed by atoms with Crippen molar-refractivity contribution in [3.05, 3.63) is 29.9 Å². The third kappa shape index (κ3) is 1.93. The van der Waals surface area contributed by atoms with Crippen molar-refractivity contribution in [1.82, 2.24) is 0 Å². The number of carbonyl (C=O) groups excluding carboxylic acids is 1. The summed E-state index contributed by atoms with van der Waals surface area (Å²) >= 11 is 2.63. The largest absolute Gasteiger partial charge is 0.465 e. The van der Waals surface area contributed by atoms with Gasteiger partial charge in [0.05, 0.1) is 6.26 Å². The summed E-state index contributed by atoms with van der Waals surface area (Å²) in [6.07, 6.45) is 5.12. The molecule has 0 aromatic carbocycles. The summed E-state index contributed by atoms with van der Waals surface area (Å²) in [5.41, 5.74) is 0.453. The number of thioether (sulfide) groups is 2. The molecule has 0 spiro atoms. The Morgan fingerprint density at radius 2 is 2.50 bits per heavy atom. The van der Waals surface area contributed by atoms with Gasteiger partial charge in [-0.1, -0.05) is 0 Å². The van der Waals surface area contributed by atoms with Crippen LogP contribution in [0.1, 0.15) is 5.76 Å². The number of furan rings is 1. The quantitative estimate of drug-likeness (QED) is 0.689. The zero-order chi connectivity index (χ0) is 9.97. The van der Waals surface area contributed by atoms with E-state index in [1.165, 1.54) is 11.8 Å². The number of nitrogens with zero attached hydrogens (tertiary/aromatic N) is 1. The molecule has 14 heavy (non-hydrogen) atoms. The van der Waals surface area contributed by atoms with Gasteiger partial charge < -0.3 is 4.42 Å². The van der Waals surface area contributed by atoms with Crippen LogP contribution in [0.4, 0.5) is 0 Å². The predicted molar refractivity (Wildman–Crippen MR) is 60.2 cm³/mol. The highest BCUT2D eigenvalue weighted by Crippen LogP contribution is 2.29. The molecule has 2 rings (SSSR count). The Morgan fingerprint density at radius 1 is 1.64 bits per heavy atom. The van der Waals surface area contributed by atoms with Crippen molar-refractivity contribution in [2.24, 2.45) is 4.99 Å². The van der Waals surface area contributed by atoms with E-state index < -0.39 is 0 Å². The smallest absolute Gasteiger partial charge is 0.244 e. The van der Waals surface area contributed by atoms with Gasteiger partial charge in [0.2, 0.25) is 5.12 Å². The Balaban J connectivity index is 2.27. The van der Waals surface area contributed by atoms with Gasteiger partial charge in [-0.05, 0) is 30.2 Å². The van der Waals surface area contributed by atoms with E-state index in [4.69, 9.17) is 4.42 Å². The Hall–Kier alpha value is -0.940. The minimum atomic E-state index is -0.0225. The van der Waals surface area contributed by atoms with Crippen LogP contribution in [0, 0.1) is 0 Å². The SMILES string of the molecule is CSC1=NC(=Cc2ccco2)C(=O)S1. The second-order valence-corrected chi connectivity index (χ2v) is 4.53. The first kappa shape index (κ1) is 9.61. The average molecular weight is 225 g/mol. The lowest BCUT2D eigenvalue weighted by molar-refractivity contribution is -0.107. The van der Waals surface area contributed by atoms with Crippen LogP contribution in [0.2, 0.25) is 0 Å². The zero-order valence-corrected chi connectivity index (χ0v) is 9.02. The molecule has 0 saturated heterocycles. The topological polar surface area (TPSA) is 42.6 Å². The highest BCUT2D eigenvalue weighted by molar-refractivity contribution is 8.45. The van der Waals surface area contributed by atoms with Crippen LogP contribution in [0.25, 0.3) is 6.08 Å². The highest BCUT2D eigenvalue weighted by Gasteiger charge is 2.21. The summed E-state index contributed by atoms with van der Waals surface area (Å²) in [6, 6.07) is 3.57. The number of carbonyl (C=O) groups is 1. The van der Waals surface area contributed by atoms with Crippen LogP contribution in [0.5, 0.6) is 0 Å². The van der Waals surface area contributed by atoms with E-state index in [1.54, 1.807) is 24.5 Å². The lowest BCUT2D eigenvalue weighted by Crippen LogP contribution is -1.86. The summed E-state index contributed by atoms with van der Waals surface area (Å²) in [5.74, 6) is 0.653. The van der Waals surface area contributed by atoms with Crippen LogP contribution >= 0.6 is 23.5 Å². The van der Waals surface area contributed by atoms with Gasteiger partial charge in [0.1, 0.15) is 15.8 Å². The molecule has 1 aliphatic heterocycles. The average Bonchev–Trinajstić information content (AvgIpc) is 2.78. The van der Waals surface area contributed by atoms with Gasteiger partial charge in [0.15, 0.2) is 0 Å². The van der Waals surface area contributed by atoms with Crippen molar-refractivity contribution in [3.63, 3.8) is 0 Å². The number of hydrogen-bond donors (Lipinski definition) is 0. The van der Waals surface area contributed by atoms with E-state index in [9.17, 15) is 4.79 Å². The van der Waals surface area contributed by atoms with Gasteiger partial charge >= 0.3 is 0 Å². The van der Waals surface area contributed by atoms with Crippen LogP contribution in [0.3, 0.4) is 0 Å². The molecule has 5 heteroatoms. The molecule has 0 saturated carbocycles. The minimum absolute atomic E-state index is 0.0225. The fourth-order valence-corrected chi connectivity index (χ4v) is 2.25. The second-order valence-electron chi connectivity index (χ2n) is 2.52. The van der Waals surface area contributed by atoms with E-state index in [-0.39, 0.29) is 5.12 Å². The number of hydrogen-bond acceptors (Lipinski definition) is 5. The molecule has 72 valence electrons. The molecular weight excluding hydrogens is 218 g/mol. The molecule has 1 aromatic heterocycles. The molecule has 0 unspecified atom stereocenters. The van der Waals surface area contributed by atoms with E-state index >= 15 is 0 Å². The molecule has 0 amide bonds. The van der Waals surface area contributed by atoms with Crippen LogP contribution in [-0.2, 0) is 4.79 Å².